The Balaban J connectivity index is 2.36. The second-order valence-electron chi connectivity index (χ2n) is 5.07. The number of methoxy groups -OCH3 is 1. The quantitative estimate of drug-likeness (QED) is 0.792. The van der Waals surface area contributed by atoms with E-state index in [4.69, 9.17) is 14.4 Å². The molecule has 0 unspecified atom stereocenters. The molecule has 23 heavy (non-hydrogen) atoms. The van der Waals surface area contributed by atoms with Gasteiger partial charge in [-0.3, -0.25) is 0 Å². The van der Waals surface area contributed by atoms with Crippen LogP contribution >= 0.6 is 0 Å². The minimum atomic E-state index is -3.86. The van der Waals surface area contributed by atoms with Gasteiger partial charge in [0, 0.05) is 22.6 Å². The first kappa shape index (κ1) is 15.5. The third kappa shape index (κ3) is 2.69. The van der Waals surface area contributed by atoms with E-state index in [1.54, 1.807) is 24.3 Å². The number of hydrogen-bond donors (Lipinski definition) is 1. The topological polar surface area (TPSA) is 95.4 Å². The van der Waals surface area contributed by atoms with Crippen molar-refractivity contribution >= 4 is 21.0 Å². The molecule has 2 aromatic carbocycles. The lowest BCUT2D eigenvalue weighted by Crippen LogP contribution is -2.13. The summed E-state index contributed by atoms with van der Waals surface area (Å²) in [5.74, 6) is 0.493. The van der Waals surface area contributed by atoms with Crippen LogP contribution in [0.15, 0.2) is 45.8 Å². The zero-order chi connectivity index (χ0) is 16.6. The number of sulfonamides is 1. The number of hydrogen-bond acceptors (Lipinski definition) is 5. The standard InChI is InChI=1S/C16H16N2O4S/c1-3-13-12-8-11(14(21-2)9-15(12)22-18-13)10-6-4-5-7-16(10)23(17,19)20/h4-9H,3H2,1-2H3,(H2,17,19,20). The van der Waals surface area contributed by atoms with Crippen LogP contribution in [0, 0.1) is 0 Å². The zero-order valence-corrected chi connectivity index (χ0v) is 13.6. The van der Waals surface area contributed by atoms with Crippen LogP contribution in [0.4, 0.5) is 0 Å². The monoisotopic (exact) mass is 332 g/mol. The van der Waals surface area contributed by atoms with Gasteiger partial charge in [-0.2, -0.15) is 0 Å². The van der Waals surface area contributed by atoms with Crippen LogP contribution in [-0.4, -0.2) is 20.7 Å². The predicted molar refractivity (Wildman–Crippen MR) is 86.7 cm³/mol. The highest BCUT2D eigenvalue weighted by atomic mass is 32.2. The van der Waals surface area contributed by atoms with E-state index in [2.05, 4.69) is 5.16 Å². The molecule has 0 atom stereocenters. The molecular weight excluding hydrogens is 316 g/mol. The SMILES string of the molecule is CCc1noc2cc(OC)c(-c3ccccc3S(N)(=O)=O)cc12. The van der Waals surface area contributed by atoms with E-state index >= 15 is 0 Å². The van der Waals surface area contributed by atoms with Crippen LogP contribution in [0.25, 0.3) is 22.1 Å². The summed E-state index contributed by atoms with van der Waals surface area (Å²) in [5.41, 5.74) is 2.51. The van der Waals surface area contributed by atoms with E-state index in [-0.39, 0.29) is 4.90 Å². The van der Waals surface area contributed by atoms with Crippen molar-refractivity contribution in [3.05, 3.63) is 42.1 Å². The van der Waals surface area contributed by atoms with E-state index in [1.165, 1.54) is 13.2 Å². The van der Waals surface area contributed by atoms with Gasteiger partial charge >= 0.3 is 0 Å². The fourth-order valence-electron chi connectivity index (χ4n) is 2.59. The molecule has 3 rings (SSSR count). The number of fused-ring (bicyclic) bond motifs is 1. The van der Waals surface area contributed by atoms with Crippen molar-refractivity contribution in [1.82, 2.24) is 5.16 Å². The van der Waals surface area contributed by atoms with Crippen LogP contribution in [0.1, 0.15) is 12.6 Å². The number of aromatic nitrogens is 1. The number of aryl methyl sites for hydroxylation is 1. The van der Waals surface area contributed by atoms with Crippen LogP contribution in [-0.2, 0) is 16.4 Å². The summed E-state index contributed by atoms with van der Waals surface area (Å²) in [6.07, 6.45) is 0.704. The van der Waals surface area contributed by atoms with Gasteiger partial charge in [-0.25, -0.2) is 13.6 Å². The molecule has 0 aliphatic rings. The molecule has 0 aliphatic heterocycles. The summed E-state index contributed by atoms with van der Waals surface area (Å²) in [6, 6.07) is 10.1. The predicted octanol–water partition coefficient (Wildman–Crippen LogP) is 2.71. The van der Waals surface area contributed by atoms with Crippen LogP contribution in [0.5, 0.6) is 5.75 Å². The highest BCUT2D eigenvalue weighted by Gasteiger charge is 2.20. The number of rotatable bonds is 4. The van der Waals surface area contributed by atoms with Crippen LogP contribution in [0.2, 0.25) is 0 Å². The van der Waals surface area contributed by atoms with E-state index < -0.39 is 10.0 Å². The Hall–Kier alpha value is -2.38. The maximum Gasteiger partial charge on any atom is 0.238 e. The molecule has 0 saturated carbocycles. The molecule has 0 aliphatic carbocycles. The van der Waals surface area contributed by atoms with Crippen molar-refractivity contribution in [2.45, 2.75) is 18.2 Å². The van der Waals surface area contributed by atoms with Crippen molar-refractivity contribution < 1.29 is 17.7 Å². The highest BCUT2D eigenvalue weighted by Crippen LogP contribution is 2.38. The van der Waals surface area contributed by atoms with Crippen molar-refractivity contribution in [2.24, 2.45) is 5.14 Å². The minimum absolute atomic E-state index is 0.0483. The molecule has 2 N–H and O–H groups in total. The molecule has 1 aromatic heterocycles. The first-order chi connectivity index (χ1) is 11.0. The summed E-state index contributed by atoms with van der Waals surface area (Å²) in [4.78, 5) is 0.0483. The third-order valence-corrected chi connectivity index (χ3v) is 4.65. The second-order valence-corrected chi connectivity index (χ2v) is 6.60. The first-order valence-corrected chi connectivity index (χ1v) is 8.58. The molecule has 6 nitrogen and oxygen atoms in total. The van der Waals surface area contributed by atoms with Crippen molar-refractivity contribution in [1.29, 1.82) is 0 Å². The normalized spacial score (nSPS) is 11.8. The molecule has 0 bridgehead atoms. The molecule has 0 amide bonds. The van der Waals surface area contributed by atoms with E-state index in [9.17, 15) is 8.42 Å². The molecule has 0 saturated heterocycles. The number of nitrogens with two attached hydrogens (primary N) is 1. The molecule has 0 spiro atoms. The summed E-state index contributed by atoms with van der Waals surface area (Å²) in [5, 5.41) is 10.2. The van der Waals surface area contributed by atoms with Gasteiger partial charge in [0.15, 0.2) is 5.58 Å². The molecule has 0 radical (unpaired) electrons. The Labute approximate surface area is 133 Å². The summed E-state index contributed by atoms with van der Waals surface area (Å²) in [6.45, 7) is 1.97. The lowest BCUT2D eigenvalue weighted by molar-refractivity contribution is 0.412. The Morgan fingerprint density at radius 3 is 2.61 bits per heavy atom. The van der Waals surface area contributed by atoms with E-state index in [0.29, 0.717) is 28.9 Å². The van der Waals surface area contributed by atoms with E-state index in [1.807, 2.05) is 13.0 Å². The van der Waals surface area contributed by atoms with E-state index in [0.717, 1.165) is 11.1 Å². The average Bonchev–Trinajstić information content (AvgIpc) is 2.94. The Kier molecular flexibility index (Phi) is 3.83. The first-order valence-electron chi connectivity index (χ1n) is 7.04. The van der Waals surface area contributed by atoms with Gasteiger partial charge in [0.2, 0.25) is 10.0 Å². The van der Waals surface area contributed by atoms with Gasteiger partial charge in [-0.15, -0.1) is 0 Å². The lowest BCUT2D eigenvalue weighted by Gasteiger charge is -2.12. The molecule has 3 aromatic rings. The fourth-order valence-corrected chi connectivity index (χ4v) is 3.34. The summed E-state index contributed by atoms with van der Waals surface area (Å²) in [7, 11) is -2.34. The summed E-state index contributed by atoms with van der Waals surface area (Å²) >= 11 is 0. The zero-order valence-electron chi connectivity index (χ0n) is 12.7. The van der Waals surface area contributed by atoms with Gasteiger partial charge in [-0.1, -0.05) is 30.3 Å². The van der Waals surface area contributed by atoms with Crippen molar-refractivity contribution in [3.8, 4) is 16.9 Å². The third-order valence-electron chi connectivity index (χ3n) is 3.69. The molecule has 0 fully saturated rings. The fraction of sp³-hybridized carbons (Fsp3) is 0.188. The van der Waals surface area contributed by atoms with Gasteiger partial charge < -0.3 is 9.26 Å². The van der Waals surface area contributed by atoms with Gasteiger partial charge in [0.05, 0.1) is 17.7 Å². The van der Waals surface area contributed by atoms with Crippen LogP contribution < -0.4 is 9.88 Å². The minimum Gasteiger partial charge on any atom is -0.496 e. The molecular formula is C16H16N2O4S. The summed E-state index contributed by atoms with van der Waals surface area (Å²) < 4.78 is 34.4. The maximum absolute atomic E-state index is 11.9. The molecule has 120 valence electrons. The lowest BCUT2D eigenvalue weighted by atomic mass is 10.0. The Bertz CT molecular complexity index is 977. The number of benzene rings is 2. The van der Waals surface area contributed by atoms with Crippen molar-refractivity contribution in [2.75, 3.05) is 7.11 Å². The Morgan fingerprint density at radius 2 is 1.96 bits per heavy atom. The Morgan fingerprint density at radius 1 is 1.22 bits per heavy atom. The number of ether oxygens (including phenoxy) is 1. The maximum atomic E-state index is 11.9. The largest absolute Gasteiger partial charge is 0.496 e. The molecule has 1 heterocycles. The van der Waals surface area contributed by atoms with Gasteiger partial charge in [0.25, 0.3) is 0 Å². The molecule has 7 heteroatoms. The number of nitrogens with zero attached hydrogens (tertiary/aromatic N) is 1. The average molecular weight is 332 g/mol. The van der Waals surface area contributed by atoms with Crippen LogP contribution in [0.3, 0.4) is 0 Å². The van der Waals surface area contributed by atoms with Gasteiger partial charge in [-0.05, 0) is 18.6 Å². The number of primary sulfonamides is 1. The second kappa shape index (κ2) is 5.68. The highest BCUT2D eigenvalue weighted by molar-refractivity contribution is 7.89. The van der Waals surface area contributed by atoms with Gasteiger partial charge in [0.1, 0.15) is 5.75 Å². The smallest absolute Gasteiger partial charge is 0.238 e. The van der Waals surface area contributed by atoms with Crippen molar-refractivity contribution in [3.63, 3.8) is 0 Å².